The number of nitrogens with zero attached hydrogens (tertiary/aromatic N) is 1. The molecule has 0 aliphatic carbocycles. The Morgan fingerprint density at radius 3 is 2.60 bits per heavy atom. The molecule has 2 fully saturated rings. The van der Waals surface area contributed by atoms with Crippen LogP contribution in [0.5, 0.6) is 0 Å². The molecule has 0 spiro atoms. The molecular formula is C16H25BrN2O. The van der Waals surface area contributed by atoms with Crippen LogP contribution in [0.3, 0.4) is 0 Å². The number of hydrogen-bond acceptors (Lipinski definition) is 3. The first-order valence-electron chi connectivity index (χ1n) is 7.94. The van der Waals surface area contributed by atoms with Crippen molar-refractivity contribution in [2.45, 2.75) is 70.1 Å². The zero-order chi connectivity index (χ0) is 14.1. The van der Waals surface area contributed by atoms with Crippen molar-refractivity contribution in [1.29, 1.82) is 0 Å². The van der Waals surface area contributed by atoms with Gasteiger partial charge in [-0.05, 0) is 73.6 Å². The molecule has 0 saturated carbocycles. The van der Waals surface area contributed by atoms with Crippen LogP contribution in [0.15, 0.2) is 21.2 Å². The molecule has 2 bridgehead atoms. The van der Waals surface area contributed by atoms with Gasteiger partial charge in [0.15, 0.2) is 4.67 Å². The van der Waals surface area contributed by atoms with Crippen molar-refractivity contribution in [3.05, 3.63) is 22.6 Å². The third-order valence-electron chi connectivity index (χ3n) is 4.90. The number of rotatable bonds is 5. The van der Waals surface area contributed by atoms with Gasteiger partial charge >= 0.3 is 0 Å². The molecule has 3 heterocycles. The Kier molecular flexibility index (Phi) is 4.53. The quantitative estimate of drug-likeness (QED) is 0.874. The number of nitrogens with one attached hydrogen (secondary N) is 1. The Morgan fingerprint density at radius 1 is 1.35 bits per heavy atom. The molecule has 0 aromatic carbocycles. The van der Waals surface area contributed by atoms with Gasteiger partial charge in [0.25, 0.3) is 0 Å². The number of piperidine rings is 1. The van der Waals surface area contributed by atoms with Crippen molar-refractivity contribution in [3.8, 4) is 0 Å². The zero-order valence-corrected chi connectivity index (χ0v) is 14.0. The van der Waals surface area contributed by atoms with Gasteiger partial charge in [-0.3, -0.25) is 4.90 Å². The van der Waals surface area contributed by atoms with Gasteiger partial charge in [0, 0.05) is 18.1 Å². The number of hydrogen-bond donors (Lipinski definition) is 1. The SMILES string of the molecule is CCCN(C1CC2CCC(C1)N2)C(C)c1ccc(Br)o1. The van der Waals surface area contributed by atoms with Crippen LogP contribution in [0.2, 0.25) is 0 Å². The maximum atomic E-state index is 5.79. The van der Waals surface area contributed by atoms with Crippen LogP contribution in [0.25, 0.3) is 0 Å². The van der Waals surface area contributed by atoms with Crippen LogP contribution in [0.1, 0.15) is 57.8 Å². The molecule has 0 radical (unpaired) electrons. The first-order chi connectivity index (χ1) is 9.67. The summed E-state index contributed by atoms with van der Waals surface area (Å²) in [6.45, 7) is 5.71. The Bertz CT molecular complexity index is 435. The monoisotopic (exact) mass is 340 g/mol. The molecule has 3 rings (SSSR count). The Morgan fingerprint density at radius 2 is 2.05 bits per heavy atom. The highest BCUT2D eigenvalue weighted by Gasteiger charge is 2.37. The smallest absolute Gasteiger partial charge is 0.169 e. The molecule has 1 aromatic heterocycles. The molecular weight excluding hydrogens is 316 g/mol. The summed E-state index contributed by atoms with van der Waals surface area (Å²) in [4.78, 5) is 2.66. The van der Waals surface area contributed by atoms with Crippen LogP contribution in [0.4, 0.5) is 0 Å². The molecule has 1 N–H and O–H groups in total. The van der Waals surface area contributed by atoms with E-state index in [1.165, 1.54) is 32.1 Å². The molecule has 2 saturated heterocycles. The lowest BCUT2D eigenvalue weighted by atomic mass is 9.96. The van der Waals surface area contributed by atoms with E-state index in [-0.39, 0.29) is 0 Å². The lowest BCUT2D eigenvalue weighted by Crippen LogP contribution is -2.49. The summed E-state index contributed by atoms with van der Waals surface area (Å²) in [5, 5.41) is 3.74. The van der Waals surface area contributed by atoms with E-state index in [4.69, 9.17) is 4.42 Å². The minimum atomic E-state index is 0.365. The fourth-order valence-electron chi connectivity index (χ4n) is 3.96. The highest BCUT2D eigenvalue weighted by Crippen LogP contribution is 2.34. The molecule has 1 aromatic rings. The van der Waals surface area contributed by atoms with Gasteiger partial charge in [0.2, 0.25) is 0 Å². The van der Waals surface area contributed by atoms with E-state index in [1.807, 2.05) is 6.07 Å². The van der Waals surface area contributed by atoms with Crippen molar-refractivity contribution in [2.75, 3.05) is 6.54 Å². The van der Waals surface area contributed by atoms with E-state index >= 15 is 0 Å². The summed E-state index contributed by atoms with van der Waals surface area (Å²) in [6, 6.07) is 6.66. The van der Waals surface area contributed by atoms with E-state index in [9.17, 15) is 0 Å². The summed E-state index contributed by atoms with van der Waals surface area (Å²) in [6.07, 6.45) is 6.51. The van der Waals surface area contributed by atoms with Crippen LogP contribution in [-0.4, -0.2) is 29.6 Å². The van der Waals surface area contributed by atoms with Crippen LogP contribution < -0.4 is 5.32 Å². The van der Waals surface area contributed by atoms with E-state index < -0.39 is 0 Å². The molecule has 112 valence electrons. The molecule has 3 nitrogen and oxygen atoms in total. The fourth-order valence-corrected chi connectivity index (χ4v) is 4.28. The minimum Gasteiger partial charge on any atom is -0.453 e. The lowest BCUT2D eigenvalue weighted by molar-refractivity contribution is 0.0898. The molecule has 3 atom stereocenters. The van der Waals surface area contributed by atoms with Gasteiger partial charge in [-0.25, -0.2) is 0 Å². The molecule has 2 aliphatic heterocycles. The van der Waals surface area contributed by atoms with Crippen molar-refractivity contribution in [2.24, 2.45) is 0 Å². The predicted octanol–water partition coefficient (Wildman–Crippen LogP) is 4.10. The number of halogens is 1. The summed E-state index contributed by atoms with van der Waals surface area (Å²) < 4.78 is 6.63. The topological polar surface area (TPSA) is 28.4 Å². The van der Waals surface area contributed by atoms with E-state index in [1.54, 1.807) is 0 Å². The summed E-state index contributed by atoms with van der Waals surface area (Å²) in [5.41, 5.74) is 0. The molecule has 3 unspecified atom stereocenters. The second-order valence-electron chi connectivity index (χ2n) is 6.32. The van der Waals surface area contributed by atoms with Gasteiger partial charge in [-0.15, -0.1) is 0 Å². The first kappa shape index (κ1) is 14.6. The van der Waals surface area contributed by atoms with Crippen LogP contribution in [0, 0.1) is 0 Å². The highest BCUT2D eigenvalue weighted by atomic mass is 79.9. The maximum absolute atomic E-state index is 5.79. The lowest BCUT2D eigenvalue weighted by Gasteiger charge is -2.40. The minimum absolute atomic E-state index is 0.365. The summed E-state index contributed by atoms with van der Waals surface area (Å²) in [5.74, 6) is 1.08. The van der Waals surface area contributed by atoms with Crippen LogP contribution in [-0.2, 0) is 0 Å². The third kappa shape index (κ3) is 2.97. The largest absolute Gasteiger partial charge is 0.453 e. The van der Waals surface area contributed by atoms with Gasteiger partial charge < -0.3 is 9.73 Å². The second kappa shape index (κ2) is 6.20. The van der Waals surface area contributed by atoms with Gasteiger partial charge in [-0.1, -0.05) is 6.92 Å². The van der Waals surface area contributed by atoms with E-state index in [2.05, 4.69) is 46.1 Å². The van der Waals surface area contributed by atoms with E-state index in [0.29, 0.717) is 12.1 Å². The van der Waals surface area contributed by atoms with Gasteiger partial charge in [0.1, 0.15) is 5.76 Å². The van der Waals surface area contributed by atoms with Crippen molar-refractivity contribution in [3.63, 3.8) is 0 Å². The molecule has 20 heavy (non-hydrogen) atoms. The standard InChI is InChI=1S/C16H25BrN2O/c1-3-8-19(11(2)15-6-7-16(17)20-15)14-9-12-4-5-13(10-14)18-12/h6-7,11-14,18H,3-5,8-10H2,1-2H3. The second-order valence-corrected chi connectivity index (χ2v) is 7.10. The number of fused-ring (bicyclic) bond motifs is 2. The summed E-state index contributed by atoms with van der Waals surface area (Å²) >= 11 is 3.42. The highest BCUT2D eigenvalue weighted by molar-refractivity contribution is 9.10. The van der Waals surface area contributed by atoms with Crippen molar-refractivity contribution < 1.29 is 4.42 Å². The maximum Gasteiger partial charge on any atom is 0.169 e. The van der Waals surface area contributed by atoms with Gasteiger partial charge in [0.05, 0.1) is 6.04 Å². The first-order valence-corrected chi connectivity index (χ1v) is 8.73. The van der Waals surface area contributed by atoms with Crippen LogP contribution >= 0.6 is 15.9 Å². The molecule has 2 aliphatic rings. The van der Waals surface area contributed by atoms with Crippen molar-refractivity contribution in [1.82, 2.24) is 10.2 Å². The molecule has 4 heteroatoms. The zero-order valence-electron chi connectivity index (χ0n) is 12.4. The average Bonchev–Trinajstić information content (AvgIpc) is 3.01. The Balaban J connectivity index is 1.74. The predicted molar refractivity (Wildman–Crippen MR) is 84.8 cm³/mol. The molecule has 0 amide bonds. The third-order valence-corrected chi connectivity index (χ3v) is 5.33. The Hall–Kier alpha value is -0.320. The van der Waals surface area contributed by atoms with E-state index in [0.717, 1.165) is 29.1 Å². The average molecular weight is 341 g/mol. The normalized spacial score (nSPS) is 30.9. The summed E-state index contributed by atoms with van der Waals surface area (Å²) in [7, 11) is 0. The Labute approximate surface area is 130 Å². The number of furan rings is 1. The van der Waals surface area contributed by atoms with Crippen molar-refractivity contribution >= 4 is 15.9 Å². The fraction of sp³-hybridized carbons (Fsp3) is 0.750. The van der Waals surface area contributed by atoms with Gasteiger partial charge in [-0.2, -0.15) is 0 Å².